The van der Waals surface area contributed by atoms with Crippen molar-refractivity contribution in [2.75, 3.05) is 31.2 Å². The molecule has 36 heavy (non-hydrogen) atoms. The zero-order valence-electron chi connectivity index (χ0n) is 20.7. The third-order valence-electron chi connectivity index (χ3n) is 7.62. The Bertz CT molecular complexity index is 985. The van der Waals surface area contributed by atoms with Crippen molar-refractivity contribution in [3.05, 3.63) is 41.9 Å². The quantitative estimate of drug-likeness (QED) is 0.259. The van der Waals surface area contributed by atoms with Gasteiger partial charge in [-0.1, -0.05) is 30.5 Å². The summed E-state index contributed by atoms with van der Waals surface area (Å²) in [5.41, 5.74) is -0.415. The molecule has 0 aliphatic carbocycles. The number of likely N-dealkylation sites (tertiary alicyclic amines) is 1. The summed E-state index contributed by atoms with van der Waals surface area (Å²) < 4.78 is 11.8. The number of rotatable bonds is 12. The van der Waals surface area contributed by atoms with E-state index < -0.39 is 35.6 Å². The van der Waals surface area contributed by atoms with E-state index >= 15 is 0 Å². The fourth-order valence-electron chi connectivity index (χ4n) is 6.15. The highest BCUT2D eigenvalue weighted by Gasteiger charge is 2.75. The number of ether oxygens (including phenoxy) is 2. The lowest BCUT2D eigenvalue weighted by Crippen LogP contribution is -2.56. The van der Waals surface area contributed by atoms with E-state index in [1.807, 2.05) is 0 Å². The van der Waals surface area contributed by atoms with Gasteiger partial charge in [0.2, 0.25) is 5.91 Å². The van der Waals surface area contributed by atoms with E-state index in [1.165, 1.54) is 0 Å². The van der Waals surface area contributed by atoms with Crippen LogP contribution in [0.5, 0.6) is 0 Å². The molecule has 1 spiro atoms. The highest BCUT2D eigenvalue weighted by atomic mass is 35.5. The number of hydrogen-bond acceptors (Lipinski definition) is 6. The summed E-state index contributed by atoms with van der Waals surface area (Å²) in [5, 5.41) is 9.64. The van der Waals surface area contributed by atoms with Crippen molar-refractivity contribution >= 4 is 35.1 Å². The molecule has 1 N–H and O–H groups in total. The Balaban J connectivity index is 1.69. The Morgan fingerprint density at radius 3 is 2.67 bits per heavy atom. The second-order valence-corrected chi connectivity index (χ2v) is 10.1. The maximum absolute atomic E-state index is 14.3. The number of carbonyl (C=O) groups excluding carboxylic acids is 3. The predicted molar refractivity (Wildman–Crippen MR) is 136 cm³/mol. The number of aliphatic hydroxyl groups excluding tert-OH is 1. The number of aliphatic hydroxyl groups is 1. The van der Waals surface area contributed by atoms with Gasteiger partial charge in [-0.15, -0.1) is 6.58 Å². The molecule has 196 valence electrons. The number of carbonyl (C=O) groups is 3. The standard InChI is InChI=1S/C27H35ClN2O6/c1-3-15-29(19-11-9-18(28)10-12-19)25(33)23-27-14-13-20(36-27)21(26(34)35-4-2)22(27)24(32)30(23)16-7-5-6-8-17-31/h3,9-12,20-23,31H,1,4-8,13-17H2,2H3/t20-,21+,22+,23?,27?/m1/s1. The summed E-state index contributed by atoms with van der Waals surface area (Å²) in [6.45, 7) is 6.54. The monoisotopic (exact) mass is 518 g/mol. The van der Waals surface area contributed by atoms with Crippen LogP contribution in [0, 0.1) is 11.8 Å². The van der Waals surface area contributed by atoms with Gasteiger partial charge in [0.15, 0.2) is 0 Å². The van der Waals surface area contributed by atoms with Gasteiger partial charge < -0.3 is 24.4 Å². The first-order chi connectivity index (χ1) is 17.4. The van der Waals surface area contributed by atoms with Gasteiger partial charge in [-0.05, 0) is 56.9 Å². The van der Waals surface area contributed by atoms with Gasteiger partial charge in [-0.3, -0.25) is 14.4 Å². The third-order valence-corrected chi connectivity index (χ3v) is 7.87. The van der Waals surface area contributed by atoms with Crippen molar-refractivity contribution in [2.24, 2.45) is 11.8 Å². The zero-order valence-corrected chi connectivity index (χ0v) is 21.5. The lowest BCUT2D eigenvalue weighted by atomic mass is 9.70. The molecule has 2 bridgehead atoms. The van der Waals surface area contributed by atoms with E-state index in [-0.39, 0.29) is 31.6 Å². The molecule has 3 fully saturated rings. The number of unbranched alkanes of at least 4 members (excludes halogenated alkanes) is 3. The fraction of sp³-hybridized carbons (Fsp3) is 0.593. The van der Waals surface area contributed by atoms with Crippen molar-refractivity contribution in [1.82, 2.24) is 4.90 Å². The van der Waals surface area contributed by atoms with Gasteiger partial charge in [0.1, 0.15) is 11.6 Å². The molecule has 3 aliphatic rings. The minimum absolute atomic E-state index is 0.128. The molecule has 3 heterocycles. The third kappa shape index (κ3) is 4.66. The van der Waals surface area contributed by atoms with Crippen LogP contribution in [-0.4, -0.2) is 71.8 Å². The van der Waals surface area contributed by atoms with Crippen molar-refractivity contribution in [3.8, 4) is 0 Å². The smallest absolute Gasteiger partial charge is 0.312 e. The van der Waals surface area contributed by atoms with Gasteiger partial charge in [0, 0.05) is 30.4 Å². The number of anilines is 1. The number of amides is 2. The van der Waals surface area contributed by atoms with Crippen LogP contribution in [0.1, 0.15) is 45.4 Å². The van der Waals surface area contributed by atoms with Crippen LogP contribution in [0.2, 0.25) is 5.02 Å². The Hall–Kier alpha value is -2.42. The number of benzene rings is 1. The number of esters is 1. The summed E-state index contributed by atoms with van der Waals surface area (Å²) in [5.74, 6) is -2.35. The van der Waals surface area contributed by atoms with Gasteiger partial charge >= 0.3 is 5.97 Å². The Labute approximate surface area is 217 Å². The van der Waals surface area contributed by atoms with E-state index in [1.54, 1.807) is 47.1 Å². The molecule has 2 unspecified atom stereocenters. The SMILES string of the molecule is C=CCN(C(=O)C1N(CCCCCCO)C(=O)[C@@H]2[C@@H](C(=O)OCC)[C@H]3CCC12O3)c1ccc(Cl)cc1. The van der Waals surface area contributed by atoms with E-state index in [0.29, 0.717) is 42.9 Å². The van der Waals surface area contributed by atoms with E-state index in [2.05, 4.69) is 6.58 Å². The predicted octanol–water partition coefficient (Wildman–Crippen LogP) is 3.35. The lowest BCUT2D eigenvalue weighted by Gasteiger charge is -2.36. The summed E-state index contributed by atoms with van der Waals surface area (Å²) in [6, 6.07) is 6.11. The van der Waals surface area contributed by atoms with Crippen LogP contribution in [0.25, 0.3) is 0 Å². The zero-order chi connectivity index (χ0) is 25.9. The number of halogens is 1. The second kappa shape index (κ2) is 11.3. The van der Waals surface area contributed by atoms with Crippen LogP contribution in [0.4, 0.5) is 5.69 Å². The molecule has 0 aromatic heterocycles. The average Bonchev–Trinajstić information content (AvgIpc) is 3.50. The molecule has 1 aromatic carbocycles. The molecular formula is C27H35ClN2O6. The molecule has 0 radical (unpaired) electrons. The number of nitrogens with zero attached hydrogens (tertiary/aromatic N) is 2. The van der Waals surface area contributed by atoms with Crippen molar-refractivity contribution in [3.63, 3.8) is 0 Å². The van der Waals surface area contributed by atoms with Gasteiger partial charge in [0.25, 0.3) is 5.91 Å². The Kier molecular flexibility index (Phi) is 8.37. The van der Waals surface area contributed by atoms with Gasteiger partial charge in [-0.2, -0.15) is 0 Å². The van der Waals surface area contributed by atoms with E-state index in [9.17, 15) is 14.4 Å². The number of fused-ring (bicyclic) bond motifs is 1. The first-order valence-electron chi connectivity index (χ1n) is 12.8. The molecule has 1 aromatic rings. The Morgan fingerprint density at radius 2 is 2.00 bits per heavy atom. The Morgan fingerprint density at radius 1 is 1.28 bits per heavy atom. The van der Waals surface area contributed by atoms with Crippen LogP contribution < -0.4 is 4.90 Å². The molecular weight excluding hydrogens is 484 g/mol. The summed E-state index contributed by atoms with van der Waals surface area (Å²) >= 11 is 6.07. The molecule has 2 amide bonds. The lowest BCUT2D eigenvalue weighted by molar-refractivity contribution is -0.154. The molecule has 0 saturated carbocycles. The van der Waals surface area contributed by atoms with Crippen molar-refractivity contribution in [2.45, 2.75) is 63.2 Å². The van der Waals surface area contributed by atoms with Gasteiger partial charge in [-0.25, -0.2) is 0 Å². The van der Waals surface area contributed by atoms with Crippen LogP contribution in [0.15, 0.2) is 36.9 Å². The molecule has 9 heteroatoms. The summed E-state index contributed by atoms with van der Waals surface area (Å²) in [4.78, 5) is 44.3. The normalized spacial score (nSPS) is 28.3. The molecule has 3 saturated heterocycles. The van der Waals surface area contributed by atoms with E-state index in [0.717, 1.165) is 12.8 Å². The molecule has 3 aliphatic heterocycles. The molecule has 5 atom stereocenters. The number of hydrogen-bond donors (Lipinski definition) is 1. The van der Waals surface area contributed by atoms with Crippen LogP contribution >= 0.6 is 11.6 Å². The summed E-state index contributed by atoms with van der Waals surface area (Å²) in [6.07, 6.45) is 5.39. The van der Waals surface area contributed by atoms with Gasteiger partial charge in [0.05, 0.1) is 24.5 Å². The first-order valence-corrected chi connectivity index (χ1v) is 13.2. The highest BCUT2D eigenvalue weighted by molar-refractivity contribution is 6.30. The maximum Gasteiger partial charge on any atom is 0.312 e. The van der Waals surface area contributed by atoms with E-state index in [4.69, 9.17) is 26.2 Å². The average molecular weight is 519 g/mol. The maximum atomic E-state index is 14.3. The first kappa shape index (κ1) is 26.6. The fourth-order valence-corrected chi connectivity index (χ4v) is 6.27. The minimum atomic E-state index is -1.06. The molecule has 8 nitrogen and oxygen atoms in total. The minimum Gasteiger partial charge on any atom is -0.466 e. The topological polar surface area (TPSA) is 96.4 Å². The van der Waals surface area contributed by atoms with Crippen molar-refractivity contribution < 1.29 is 29.0 Å². The van der Waals surface area contributed by atoms with Crippen LogP contribution in [-0.2, 0) is 23.9 Å². The summed E-state index contributed by atoms with van der Waals surface area (Å²) in [7, 11) is 0. The molecule has 4 rings (SSSR count). The van der Waals surface area contributed by atoms with Crippen LogP contribution in [0.3, 0.4) is 0 Å². The largest absolute Gasteiger partial charge is 0.466 e. The second-order valence-electron chi connectivity index (χ2n) is 9.69. The van der Waals surface area contributed by atoms with Crippen molar-refractivity contribution in [1.29, 1.82) is 0 Å². The highest BCUT2D eigenvalue weighted by Crippen LogP contribution is 2.59.